The third-order valence-electron chi connectivity index (χ3n) is 4.82. The van der Waals surface area contributed by atoms with Gasteiger partial charge in [0.1, 0.15) is 11.6 Å². The summed E-state index contributed by atoms with van der Waals surface area (Å²) in [6, 6.07) is 1.02. The summed E-state index contributed by atoms with van der Waals surface area (Å²) in [4.78, 5) is 10.7. The Kier molecular flexibility index (Phi) is 6.24. The van der Waals surface area contributed by atoms with E-state index in [1.165, 1.54) is 6.20 Å². The summed E-state index contributed by atoms with van der Waals surface area (Å²) in [5, 5.41) is 0. The quantitative estimate of drug-likeness (QED) is 0.809. The van der Waals surface area contributed by atoms with Gasteiger partial charge in [0.15, 0.2) is 0 Å². The number of halogens is 3. The lowest BCUT2D eigenvalue weighted by Crippen LogP contribution is -2.37. The van der Waals surface area contributed by atoms with Crippen LogP contribution in [0.2, 0.25) is 0 Å². The van der Waals surface area contributed by atoms with Gasteiger partial charge in [0.2, 0.25) is 0 Å². The minimum absolute atomic E-state index is 0.154. The van der Waals surface area contributed by atoms with Crippen LogP contribution >= 0.6 is 0 Å². The van der Waals surface area contributed by atoms with Gasteiger partial charge in [0.25, 0.3) is 0 Å². The number of anilines is 1. The number of nitrogens with zero attached hydrogens (tertiary/aromatic N) is 4. The largest absolute Gasteiger partial charge is 0.419 e. The van der Waals surface area contributed by atoms with Crippen molar-refractivity contribution in [2.75, 3.05) is 38.6 Å². The van der Waals surface area contributed by atoms with Gasteiger partial charge in [0, 0.05) is 50.1 Å². The number of hydrogen-bond donors (Lipinski definition) is 1. The second kappa shape index (κ2) is 8.48. The molecule has 1 aliphatic rings. The van der Waals surface area contributed by atoms with Crippen LogP contribution in [0.15, 0.2) is 18.5 Å². The fourth-order valence-corrected chi connectivity index (χ4v) is 3.34. The van der Waals surface area contributed by atoms with E-state index in [9.17, 15) is 13.2 Å². The van der Waals surface area contributed by atoms with Crippen LogP contribution in [0.3, 0.4) is 0 Å². The average molecular weight is 397 g/mol. The van der Waals surface area contributed by atoms with E-state index >= 15 is 0 Å². The maximum Gasteiger partial charge on any atom is 0.419 e. The zero-order valence-electron chi connectivity index (χ0n) is 16.2. The zero-order valence-corrected chi connectivity index (χ0v) is 16.2. The number of imidazole rings is 1. The molecule has 3 heterocycles. The number of alkyl halides is 3. The van der Waals surface area contributed by atoms with Gasteiger partial charge < -0.3 is 15.0 Å². The summed E-state index contributed by atoms with van der Waals surface area (Å²) >= 11 is 0. The lowest BCUT2D eigenvalue weighted by atomic mass is 10.1. The van der Waals surface area contributed by atoms with Crippen LogP contribution < -0.4 is 5.73 Å². The fraction of sp³-hybridized carbons (Fsp3) is 0.579. The van der Waals surface area contributed by atoms with E-state index in [0.29, 0.717) is 11.3 Å². The van der Waals surface area contributed by atoms with Crippen LogP contribution in [0, 0.1) is 0 Å². The Balaban J connectivity index is 1.78. The van der Waals surface area contributed by atoms with Gasteiger partial charge in [-0.25, -0.2) is 9.97 Å². The molecular formula is C19H26F3N5O. The summed E-state index contributed by atoms with van der Waals surface area (Å²) in [5.41, 5.74) is 5.27. The van der Waals surface area contributed by atoms with Crippen molar-refractivity contribution in [2.24, 2.45) is 0 Å². The molecule has 1 fully saturated rings. The van der Waals surface area contributed by atoms with E-state index in [-0.39, 0.29) is 5.92 Å². The predicted molar refractivity (Wildman–Crippen MR) is 101 cm³/mol. The van der Waals surface area contributed by atoms with E-state index in [1.54, 1.807) is 0 Å². The molecule has 2 N–H and O–H groups in total. The van der Waals surface area contributed by atoms with Crippen LogP contribution in [0.1, 0.15) is 37.6 Å². The highest BCUT2D eigenvalue weighted by Crippen LogP contribution is 2.35. The summed E-state index contributed by atoms with van der Waals surface area (Å²) in [7, 11) is 0. The first-order valence-corrected chi connectivity index (χ1v) is 9.46. The molecule has 6 nitrogen and oxygen atoms in total. The number of ether oxygens (including phenoxy) is 1. The zero-order chi connectivity index (χ0) is 20.3. The second-order valence-corrected chi connectivity index (χ2v) is 7.29. The van der Waals surface area contributed by atoms with Gasteiger partial charge in [-0.3, -0.25) is 4.90 Å². The van der Waals surface area contributed by atoms with Crippen molar-refractivity contribution in [3.8, 4) is 11.3 Å². The Morgan fingerprint density at radius 2 is 1.93 bits per heavy atom. The molecule has 2 aromatic heterocycles. The number of hydrogen-bond acceptors (Lipinski definition) is 5. The van der Waals surface area contributed by atoms with Crippen LogP contribution in [-0.4, -0.2) is 52.3 Å². The molecule has 0 saturated carbocycles. The number of nitrogens with two attached hydrogens (primary N) is 1. The molecule has 0 bridgehead atoms. The molecule has 0 aromatic carbocycles. The summed E-state index contributed by atoms with van der Waals surface area (Å²) < 4.78 is 46.8. The number of morpholine rings is 1. The summed E-state index contributed by atoms with van der Waals surface area (Å²) in [6.07, 6.45) is -0.463. The van der Waals surface area contributed by atoms with Gasteiger partial charge in [-0.1, -0.05) is 13.8 Å². The third-order valence-corrected chi connectivity index (χ3v) is 4.82. The Labute approximate surface area is 162 Å². The van der Waals surface area contributed by atoms with Crippen molar-refractivity contribution in [3.63, 3.8) is 0 Å². The third kappa shape index (κ3) is 4.82. The van der Waals surface area contributed by atoms with Gasteiger partial charge >= 0.3 is 6.18 Å². The maximum atomic E-state index is 13.1. The van der Waals surface area contributed by atoms with Crippen LogP contribution in [0.5, 0.6) is 0 Å². The van der Waals surface area contributed by atoms with E-state index in [0.717, 1.165) is 57.7 Å². The van der Waals surface area contributed by atoms with Gasteiger partial charge in [-0.2, -0.15) is 13.2 Å². The molecule has 0 unspecified atom stereocenters. The molecule has 1 saturated heterocycles. The van der Waals surface area contributed by atoms with Crippen LogP contribution in [-0.2, 0) is 17.5 Å². The molecule has 0 aliphatic carbocycles. The van der Waals surface area contributed by atoms with Gasteiger partial charge in [0.05, 0.1) is 24.5 Å². The highest BCUT2D eigenvalue weighted by molar-refractivity contribution is 5.62. The molecule has 1 aliphatic heterocycles. The van der Waals surface area contributed by atoms with Crippen LogP contribution in [0.4, 0.5) is 19.0 Å². The molecular weight excluding hydrogens is 371 g/mol. The first kappa shape index (κ1) is 20.6. The Morgan fingerprint density at radius 1 is 1.21 bits per heavy atom. The van der Waals surface area contributed by atoms with E-state index in [2.05, 4.69) is 14.9 Å². The Hall–Kier alpha value is -2.13. The van der Waals surface area contributed by atoms with Crippen molar-refractivity contribution >= 4 is 5.82 Å². The summed E-state index contributed by atoms with van der Waals surface area (Å²) in [5.74, 6) is 0.480. The van der Waals surface area contributed by atoms with Crippen molar-refractivity contribution in [2.45, 2.75) is 38.9 Å². The molecule has 0 atom stereocenters. The maximum absolute atomic E-state index is 13.1. The van der Waals surface area contributed by atoms with Crippen molar-refractivity contribution in [3.05, 3.63) is 29.8 Å². The molecule has 154 valence electrons. The number of pyridine rings is 1. The average Bonchev–Trinajstić information content (AvgIpc) is 3.06. The molecule has 28 heavy (non-hydrogen) atoms. The molecule has 0 amide bonds. The van der Waals surface area contributed by atoms with Crippen molar-refractivity contribution in [1.29, 1.82) is 0 Å². The molecule has 3 rings (SSSR count). The summed E-state index contributed by atoms with van der Waals surface area (Å²) in [6.45, 7) is 9.14. The Morgan fingerprint density at radius 3 is 2.57 bits per heavy atom. The highest BCUT2D eigenvalue weighted by atomic mass is 19.4. The van der Waals surface area contributed by atoms with Crippen LogP contribution in [0.25, 0.3) is 11.3 Å². The minimum Gasteiger partial charge on any atom is -0.383 e. The number of nitrogen functional groups attached to an aromatic ring is 1. The highest BCUT2D eigenvalue weighted by Gasteiger charge is 2.34. The Bertz CT molecular complexity index is 797. The lowest BCUT2D eigenvalue weighted by Gasteiger charge is -2.26. The second-order valence-electron chi connectivity index (χ2n) is 7.29. The van der Waals surface area contributed by atoms with E-state index < -0.39 is 17.6 Å². The van der Waals surface area contributed by atoms with E-state index in [1.807, 2.05) is 24.6 Å². The topological polar surface area (TPSA) is 69.2 Å². The number of aryl methyl sites for hydroxylation is 1. The predicted octanol–water partition coefficient (Wildman–Crippen LogP) is 3.39. The SMILES string of the molecule is CC(C)c1nc(-c2cnc(N)c(C(F)(F)F)c2)cn1CCCN1CCOCC1. The first-order valence-electron chi connectivity index (χ1n) is 9.46. The number of rotatable bonds is 6. The standard InChI is InChI=1S/C19H26F3N5O/c1-13(2)18-25-16(14-10-15(19(20,21)22)17(23)24-11-14)12-27(18)5-3-4-26-6-8-28-9-7-26/h10-13H,3-9H2,1-2H3,(H2,23,24). The van der Waals surface area contributed by atoms with Gasteiger partial charge in [-0.15, -0.1) is 0 Å². The number of aromatic nitrogens is 3. The van der Waals surface area contributed by atoms with Crippen molar-refractivity contribution < 1.29 is 17.9 Å². The molecule has 0 spiro atoms. The molecule has 0 radical (unpaired) electrons. The van der Waals surface area contributed by atoms with E-state index in [4.69, 9.17) is 10.5 Å². The smallest absolute Gasteiger partial charge is 0.383 e. The fourth-order valence-electron chi connectivity index (χ4n) is 3.34. The minimum atomic E-state index is -4.55. The molecule has 2 aromatic rings. The molecule has 9 heteroatoms. The monoisotopic (exact) mass is 397 g/mol. The normalized spacial score (nSPS) is 16.1. The lowest BCUT2D eigenvalue weighted by molar-refractivity contribution is -0.137. The van der Waals surface area contributed by atoms with Gasteiger partial charge in [-0.05, 0) is 12.5 Å². The van der Waals surface area contributed by atoms with Crippen molar-refractivity contribution in [1.82, 2.24) is 19.4 Å². The first-order chi connectivity index (χ1) is 13.3.